The second-order valence-corrected chi connectivity index (χ2v) is 4.76. The average Bonchev–Trinajstić information content (AvgIpc) is 2.39. The Morgan fingerprint density at radius 3 is 2.42 bits per heavy atom. The standard InChI is InChI=1S/C14H13Cl2NO2/c1-19-10-6-5-9(13(18)7-10)8-17-14-11(15)3-2-4-12(14)16/h2-7,17-18H,8H2,1H3. The van der Waals surface area contributed by atoms with Crippen molar-refractivity contribution in [3.8, 4) is 11.5 Å². The third-order valence-corrected chi connectivity index (χ3v) is 3.34. The van der Waals surface area contributed by atoms with E-state index >= 15 is 0 Å². The van der Waals surface area contributed by atoms with E-state index in [1.54, 1.807) is 43.5 Å². The van der Waals surface area contributed by atoms with Crippen molar-refractivity contribution in [1.29, 1.82) is 0 Å². The monoisotopic (exact) mass is 297 g/mol. The van der Waals surface area contributed by atoms with Crippen molar-refractivity contribution >= 4 is 28.9 Å². The maximum atomic E-state index is 9.85. The van der Waals surface area contributed by atoms with Crippen LogP contribution in [-0.2, 0) is 6.54 Å². The summed E-state index contributed by atoms with van der Waals surface area (Å²) in [6.07, 6.45) is 0. The molecule has 0 unspecified atom stereocenters. The molecule has 0 atom stereocenters. The molecule has 19 heavy (non-hydrogen) atoms. The predicted octanol–water partition coefficient (Wildman–Crippen LogP) is 4.32. The van der Waals surface area contributed by atoms with E-state index in [2.05, 4.69) is 5.32 Å². The van der Waals surface area contributed by atoms with Gasteiger partial charge in [-0.25, -0.2) is 0 Å². The number of hydrogen-bond acceptors (Lipinski definition) is 3. The molecular formula is C14H13Cl2NO2. The third kappa shape index (κ3) is 3.25. The lowest BCUT2D eigenvalue weighted by Gasteiger charge is -2.12. The number of phenols is 1. The van der Waals surface area contributed by atoms with Crippen molar-refractivity contribution in [2.24, 2.45) is 0 Å². The van der Waals surface area contributed by atoms with Gasteiger partial charge in [0, 0.05) is 18.2 Å². The van der Waals surface area contributed by atoms with Gasteiger partial charge in [0.1, 0.15) is 11.5 Å². The van der Waals surface area contributed by atoms with E-state index in [0.29, 0.717) is 28.0 Å². The molecule has 0 aliphatic carbocycles. The molecule has 0 radical (unpaired) electrons. The van der Waals surface area contributed by atoms with Crippen LogP contribution in [0.15, 0.2) is 36.4 Å². The Labute approximate surface area is 121 Å². The minimum Gasteiger partial charge on any atom is -0.507 e. The molecule has 2 aromatic carbocycles. The van der Waals surface area contributed by atoms with Crippen molar-refractivity contribution < 1.29 is 9.84 Å². The van der Waals surface area contributed by atoms with Crippen molar-refractivity contribution in [3.05, 3.63) is 52.0 Å². The highest BCUT2D eigenvalue weighted by Crippen LogP contribution is 2.31. The van der Waals surface area contributed by atoms with E-state index in [1.165, 1.54) is 0 Å². The van der Waals surface area contributed by atoms with Gasteiger partial charge in [-0.05, 0) is 24.3 Å². The number of ether oxygens (including phenoxy) is 1. The summed E-state index contributed by atoms with van der Waals surface area (Å²) in [4.78, 5) is 0. The fourth-order valence-corrected chi connectivity index (χ4v) is 2.20. The summed E-state index contributed by atoms with van der Waals surface area (Å²) in [5.74, 6) is 0.770. The number of hydrogen-bond donors (Lipinski definition) is 2. The first kappa shape index (κ1) is 13.8. The van der Waals surface area contributed by atoms with Crippen LogP contribution < -0.4 is 10.1 Å². The fraction of sp³-hybridized carbons (Fsp3) is 0.143. The molecule has 2 rings (SSSR count). The smallest absolute Gasteiger partial charge is 0.124 e. The number of anilines is 1. The van der Waals surface area contributed by atoms with Crippen LogP contribution >= 0.6 is 23.2 Å². The molecule has 2 aromatic rings. The van der Waals surface area contributed by atoms with Crippen LogP contribution in [0.1, 0.15) is 5.56 Å². The van der Waals surface area contributed by atoms with Crippen molar-refractivity contribution in [2.75, 3.05) is 12.4 Å². The maximum Gasteiger partial charge on any atom is 0.124 e. The highest BCUT2D eigenvalue weighted by molar-refractivity contribution is 6.39. The molecule has 0 heterocycles. The van der Waals surface area contributed by atoms with Crippen LogP contribution in [-0.4, -0.2) is 12.2 Å². The number of nitrogens with one attached hydrogen (secondary N) is 1. The summed E-state index contributed by atoms with van der Waals surface area (Å²) in [6.45, 7) is 0.416. The first-order chi connectivity index (χ1) is 9.11. The Morgan fingerprint density at radius 1 is 1.16 bits per heavy atom. The maximum absolute atomic E-state index is 9.85. The summed E-state index contributed by atoms with van der Waals surface area (Å²) >= 11 is 12.1. The Hall–Kier alpha value is -1.58. The van der Waals surface area contributed by atoms with E-state index in [9.17, 15) is 5.11 Å². The molecule has 0 saturated carbocycles. The largest absolute Gasteiger partial charge is 0.507 e. The quantitative estimate of drug-likeness (QED) is 0.883. The van der Waals surface area contributed by atoms with Gasteiger partial charge >= 0.3 is 0 Å². The van der Waals surface area contributed by atoms with Crippen LogP contribution in [0.25, 0.3) is 0 Å². The fourth-order valence-electron chi connectivity index (χ4n) is 1.67. The molecular weight excluding hydrogens is 285 g/mol. The number of aromatic hydroxyl groups is 1. The average molecular weight is 298 g/mol. The van der Waals surface area contributed by atoms with Gasteiger partial charge in [0.15, 0.2) is 0 Å². The Balaban J connectivity index is 2.15. The van der Waals surface area contributed by atoms with E-state index in [-0.39, 0.29) is 5.75 Å². The van der Waals surface area contributed by atoms with Gasteiger partial charge in [-0.3, -0.25) is 0 Å². The number of phenolic OH excluding ortho intramolecular Hbond substituents is 1. The van der Waals surface area contributed by atoms with Crippen LogP contribution in [0.3, 0.4) is 0 Å². The molecule has 3 nitrogen and oxygen atoms in total. The van der Waals surface area contributed by atoms with Crippen molar-refractivity contribution in [2.45, 2.75) is 6.54 Å². The molecule has 0 aliphatic heterocycles. The van der Waals surface area contributed by atoms with Gasteiger partial charge in [0.05, 0.1) is 22.8 Å². The van der Waals surface area contributed by atoms with Gasteiger partial charge < -0.3 is 15.2 Å². The molecule has 2 N–H and O–H groups in total. The zero-order valence-electron chi connectivity index (χ0n) is 10.3. The molecule has 0 fully saturated rings. The first-order valence-corrected chi connectivity index (χ1v) is 6.41. The Kier molecular flexibility index (Phi) is 4.40. The Bertz CT molecular complexity index is 567. The molecule has 0 aromatic heterocycles. The van der Waals surface area contributed by atoms with E-state index in [1.807, 2.05) is 0 Å². The SMILES string of the molecule is COc1ccc(CNc2c(Cl)cccc2Cl)c(O)c1. The van der Waals surface area contributed by atoms with Crippen LogP contribution in [0.4, 0.5) is 5.69 Å². The lowest BCUT2D eigenvalue weighted by molar-refractivity contribution is 0.406. The lowest BCUT2D eigenvalue weighted by atomic mass is 10.2. The van der Waals surface area contributed by atoms with Gasteiger partial charge in [-0.1, -0.05) is 29.3 Å². The van der Waals surface area contributed by atoms with Crippen molar-refractivity contribution in [1.82, 2.24) is 0 Å². The molecule has 0 spiro atoms. The zero-order valence-corrected chi connectivity index (χ0v) is 11.8. The topological polar surface area (TPSA) is 41.5 Å². The van der Waals surface area contributed by atoms with Crippen LogP contribution in [0.5, 0.6) is 11.5 Å². The second kappa shape index (κ2) is 6.04. The van der Waals surface area contributed by atoms with E-state index in [4.69, 9.17) is 27.9 Å². The van der Waals surface area contributed by atoms with Gasteiger partial charge in [0.25, 0.3) is 0 Å². The van der Waals surface area contributed by atoms with Gasteiger partial charge in [0.2, 0.25) is 0 Å². The summed E-state index contributed by atoms with van der Waals surface area (Å²) in [5, 5.41) is 14.0. The summed E-state index contributed by atoms with van der Waals surface area (Å²) < 4.78 is 5.03. The predicted molar refractivity (Wildman–Crippen MR) is 78.4 cm³/mol. The van der Waals surface area contributed by atoms with Crippen LogP contribution in [0, 0.1) is 0 Å². The molecule has 0 amide bonds. The zero-order chi connectivity index (χ0) is 13.8. The Morgan fingerprint density at radius 2 is 1.84 bits per heavy atom. The van der Waals surface area contributed by atoms with Gasteiger partial charge in [-0.2, -0.15) is 0 Å². The third-order valence-electron chi connectivity index (χ3n) is 2.71. The first-order valence-electron chi connectivity index (χ1n) is 5.65. The van der Waals surface area contributed by atoms with Gasteiger partial charge in [-0.15, -0.1) is 0 Å². The molecule has 5 heteroatoms. The summed E-state index contributed by atoms with van der Waals surface area (Å²) in [6, 6.07) is 10.4. The number of benzene rings is 2. The number of rotatable bonds is 4. The summed E-state index contributed by atoms with van der Waals surface area (Å²) in [7, 11) is 1.55. The minimum atomic E-state index is 0.162. The summed E-state index contributed by atoms with van der Waals surface area (Å²) in [5.41, 5.74) is 1.39. The van der Waals surface area contributed by atoms with E-state index < -0.39 is 0 Å². The normalized spacial score (nSPS) is 10.3. The van der Waals surface area contributed by atoms with Crippen LogP contribution in [0.2, 0.25) is 10.0 Å². The number of halogens is 2. The number of para-hydroxylation sites is 1. The van der Waals surface area contributed by atoms with E-state index in [0.717, 1.165) is 5.56 Å². The molecule has 100 valence electrons. The number of methoxy groups -OCH3 is 1. The highest BCUT2D eigenvalue weighted by Gasteiger charge is 2.07. The second-order valence-electron chi connectivity index (χ2n) is 3.94. The highest BCUT2D eigenvalue weighted by atomic mass is 35.5. The lowest BCUT2D eigenvalue weighted by Crippen LogP contribution is -2.01. The molecule has 0 saturated heterocycles. The molecule has 0 aliphatic rings. The minimum absolute atomic E-state index is 0.162. The molecule has 0 bridgehead atoms. The van der Waals surface area contributed by atoms with Crippen molar-refractivity contribution in [3.63, 3.8) is 0 Å².